The van der Waals surface area contributed by atoms with Gasteiger partial charge < -0.3 is 15.5 Å². The number of nitrogens with one attached hydrogen (secondary N) is 1. The number of aliphatic hydroxyl groups excluding tert-OH is 2. The van der Waals surface area contributed by atoms with Crippen molar-refractivity contribution in [3.05, 3.63) is 76.7 Å². The zero-order valence-electron chi connectivity index (χ0n) is 15.3. The smallest absolute Gasteiger partial charge is 0.138 e. The molecule has 1 aromatic heterocycles. The first-order valence-corrected chi connectivity index (χ1v) is 9.20. The van der Waals surface area contributed by atoms with Gasteiger partial charge in [0, 0.05) is 24.9 Å². The molecule has 1 aliphatic carbocycles. The molecule has 4 rings (SSSR count). The predicted octanol–water partition coefficient (Wildman–Crippen LogP) is 2.71. The molecule has 5 heteroatoms. The molecule has 3 N–H and O–H groups in total. The molecule has 1 heterocycles. The van der Waals surface area contributed by atoms with E-state index in [0.717, 1.165) is 40.4 Å². The highest BCUT2D eigenvalue weighted by atomic mass is 16.3. The van der Waals surface area contributed by atoms with Crippen LogP contribution in [0.25, 0.3) is 11.1 Å². The quantitative estimate of drug-likeness (QED) is 0.492. The summed E-state index contributed by atoms with van der Waals surface area (Å²) in [6, 6.07) is 16.6. The highest BCUT2D eigenvalue weighted by Gasteiger charge is 2.25. The molecular formula is C22H23N3O2. The first-order chi connectivity index (χ1) is 13.1. The Morgan fingerprint density at radius 3 is 2.70 bits per heavy atom. The molecule has 0 saturated carbocycles. The van der Waals surface area contributed by atoms with E-state index in [9.17, 15) is 5.11 Å². The van der Waals surface area contributed by atoms with Crippen LogP contribution in [0.2, 0.25) is 0 Å². The number of rotatable bonds is 6. The Labute approximate surface area is 158 Å². The third kappa shape index (κ3) is 3.70. The lowest BCUT2D eigenvalue weighted by Gasteiger charge is -2.15. The predicted molar refractivity (Wildman–Crippen MR) is 106 cm³/mol. The zero-order chi connectivity index (χ0) is 18.8. The summed E-state index contributed by atoms with van der Waals surface area (Å²) >= 11 is 0. The number of fused-ring (bicyclic) bond motifs is 3. The number of aryl methyl sites for hydroxylation is 1. The molecule has 138 valence electrons. The first kappa shape index (κ1) is 17.6. The second-order valence-corrected chi connectivity index (χ2v) is 7.03. The topological polar surface area (TPSA) is 78.3 Å². The lowest BCUT2D eigenvalue weighted by atomic mass is 10.0. The average Bonchev–Trinajstić information content (AvgIpc) is 3.03. The molecule has 0 bridgehead atoms. The van der Waals surface area contributed by atoms with E-state index >= 15 is 0 Å². The molecule has 1 aliphatic rings. The number of nitrogens with zero attached hydrogens (tertiary/aromatic N) is 2. The third-order valence-electron chi connectivity index (χ3n) is 4.84. The van der Waals surface area contributed by atoms with Gasteiger partial charge in [0.25, 0.3) is 0 Å². The van der Waals surface area contributed by atoms with Crippen LogP contribution in [0.15, 0.2) is 48.5 Å². The molecule has 0 amide bonds. The van der Waals surface area contributed by atoms with Gasteiger partial charge in [0.1, 0.15) is 11.6 Å². The third-order valence-corrected chi connectivity index (χ3v) is 4.84. The second-order valence-electron chi connectivity index (χ2n) is 7.03. The van der Waals surface area contributed by atoms with Crippen molar-refractivity contribution in [1.29, 1.82) is 0 Å². The summed E-state index contributed by atoms with van der Waals surface area (Å²) in [4.78, 5) is 9.59. The van der Waals surface area contributed by atoms with Crippen molar-refractivity contribution in [2.75, 3.05) is 18.5 Å². The maximum absolute atomic E-state index is 9.75. The second kappa shape index (κ2) is 7.47. The van der Waals surface area contributed by atoms with Gasteiger partial charge in [0.2, 0.25) is 0 Å². The Kier molecular flexibility index (Phi) is 4.88. The van der Waals surface area contributed by atoms with E-state index in [1.54, 1.807) is 0 Å². The summed E-state index contributed by atoms with van der Waals surface area (Å²) in [6.45, 7) is 2.05. The van der Waals surface area contributed by atoms with Crippen LogP contribution in [0.3, 0.4) is 0 Å². The SMILES string of the molecule is Cc1ccc2c(c1)Cc1nc(Cc3ccccc3)nc(NCC(O)CO)c1-2. The average molecular weight is 361 g/mol. The number of hydrogen-bond donors (Lipinski definition) is 3. The Morgan fingerprint density at radius 2 is 1.93 bits per heavy atom. The molecule has 0 saturated heterocycles. The van der Waals surface area contributed by atoms with Crippen LogP contribution >= 0.6 is 0 Å². The van der Waals surface area contributed by atoms with E-state index in [4.69, 9.17) is 15.1 Å². The maximum atomic E-state index is 9.75. The van der Waals surface area contributed by atoms with Crippen LogP contribution < -0.4 is 5.32 Å². The lowest BCUT2D eigenvalue weighted by Crippen LogP contribution is -2.24. The Morgan fingerprint density at radius 1 is 1.11 bits per heavy atom. The number of hydrogen-bond acceptors (Lipinski definition) is 5. The summed E-state index contributed by atoms with van der Waals surface area (Å²) in [6.07, 6.45) is 0.612. The van der Waals surface area contributed by atoms with Crippen LogP contribution in [0.5, 0.6) is 0 Å². The molecule has 0 radical (unpaired) electrons. The van der Waals surface area contributed by atoms with Crippen molar-refractivity contribution in [2.45, 2.75) is 25.9 Å². The van der Waals surface area contributed by atoms with Crippen molar-refractivity contribution in [2.24, 2.45) is 0 Å². The lowest BCUT2D eigenvalue weighted by molar-refractivity contribution is 0.105. The minimum Gasteiger partial charge on any atom is -0.394 e. The number of anilines is 1. The van der Waals surface area contributed by atoms with Gasteiger partial charge in [-0.1, -0.05) is 54.1 Å². The minimum absolute atomic E-state index is 0.242. The normalized spacial score (nSPS) is 13.1. The molecule has 0 spiro atoms. The summed E-state index contributed by atoms with van der Waals surface area (Å²) in [5, 5.41) is 22.1. The van der Waals surface area contributed by atoms with Crippen LogP contribution in [-0.2, 0) is 12.8 Å². The van der Waals surface area contributed by atoms with Crippen LogP contribution in [0.1, 0.15) is 28.2 Å². The van der Waals surface area contributed by atoms with E-state index in [-0.39, 0.29) is 13.2 Å². The molecule has 1 atom stereocenters. The van der Waals surface area contributed by atoms with Crippen LogP contribution in [0.4, 0.5) is 5.82 Å². The number of benzene rings is 2. The van der Waals surface area contributed by atoms with E-state index in [1.165, 1.54) is 11.1 Å². The van der Waals surface area contributed by atoms with Crippen LogP contribution in [-0.4, -0.2) is 39.4 Å². The van der Waals surface area contributed by atoms with Crippen molar-refractivity contribution in [3.63, 3.8) is 0 Å². The van der Waals surface area contributed by atoms with Crippen molar-refractivity contribution < 1.29 is 10.2 Å². The van der Waals surface area contributed by atoms with Crippen molar-refractivity contribution >= 4 is 5.82 Å². The summed E-state index contributed by atoms with van der Waals surface area (Å²) in [5.74, 6) is 1.48. The number of aromatic nitrogens is 2. The summed E-state index contributed by atoms with van der Waals surface area (Å²) in [7, 11) is 0. The molecule has 27 heavy (non-hydrogen) atoms. The van der Waals surface area contributed by atoms with Crippen molar-refractivity contribution in [3.8, 4) is 11.1 Å². The molecule has 0 aliphatic heterocycles. The fourth-order valence-corrected chi connectivity index (χ4v) is 3.53. The fraction of sp³-hybridized carbons (Fsp3) is 0.273. The first-order valence-electron chi connectivity index (χ1n) is 9.20. The molecule has 0 fully saturated rings. The fourth-order valence-electron chi connectivity index (χ4n) is 3.53. The Balaban J connectivity index is 1.73. The van der Waals surface area contributed by atoms with Crippen LogP contribution in [0, 0.1) is 6.92 Å². The largest absolute Gasteiger partial charge is 0.394 e. The Hall–Kier alpha value is -2.76. The van der Waals surface area contributed by atoms with E-state index in [1.807, 2.05) is 18.2 Å². The molecular weight excluding hydrogens is 338 g/mol. The number of aliphatic hydroxyl groups is 2. The van der Waals surface area contributed by atoms with Gasteiger partial charge in [-0.3, -0.25) is 0 Å². The summed E-state index contributed by atoms with van der Waals surface area (Å²) in [5.41, 5.74) is 6.80. The van der Waals surface area contributed by atoms with Gasteiger partial charge in [0.05, 0.1) is 18.4 Å². The Bertz CT molecular complexity index is 957. The highest BCUT2D eigenvalue weighted by molar-refractivity contribution is 5.84. The van der Waals surface area contributed by atoms with Gasteiger partial charge in [-0.15, -0.1) is 0 Å². The van der Waals surface area contributed by atoms with Gasteiger partial charge in [-0.25, -0.2) is 9.97 Å². The summed E-state index contributed by atoms with van der Waals surface area (Å²) < 4.78 is 0. The zero-order valence-corrected chi connectivity index (χ0v) is 15.3. The standard InChI is InChI=1S/C22H23N3O2/c1-14-7-8-18-16(9-14)11-19-21(18)22(23-12-17(27)13-26)25-20(24-19)10-15-5-3-2-4-6-15/h2-9,17,26-27H,10-13H2,1H3,(H,23,24,25). The molecule has 3 aromatic rings. The van der Waals surface area contributed by atoms with Gasteiger partial charge in [0.15, 0.2) is 0 Å². The van der Waals surface area contributed by atoms with Gasteiger partial charge >= 0.3 is 0 Å². The van der Waals surface area contributed by atoms with Gasteiger partial charge in [-0.2, -0.15) is 0 Å². The van der Waals surface area contributed by atoms with Crippen molar-refractivity contribution in [1.82, 2.24) is 9.97 Å². The molecule has 5 nitrogen and oxygen atoms in total. The minimum atomic E-state index is -0.827. The van der Waals surface area contributed by atoms with E-state index < -0.39 is 6.10 Å². The maximum Gasteiger partial charge on any atom is 0.138 e. The van der Waals surface area contributed by atoms with Gasteiger partial charge in [-0.05, 0) is 23.6 Å². The highest BCUT2D eigenvalue weighted by Crippen LogP contribution is 2.40. The molecule has 2 aromatic carbocycles. The van der Waals surface area contributed by atoms with E-state index in [0.29, 0.717) is 6.42 Å². The monoisotopic (exact) mass is 361 g/mol. The van der Waals surface area contributed by atoms with E-state index in [2.05, 4.69) is 42.6 Å². The molecule has 1 unspecified atom stereocenters.